The fourth-order valence-electron chi connectivity index (χ4n) is 3.52. The summed E-state index contributed by atoms with van der Waals surface area (Å²) in [4.78, 5) is 28.8. The summed E-state index contributed by atoms with van der Waals surface area (Å²) in [6.45, 7) is 0.121. The first kappa shape index (κ1) is 20.6. The minimum absolute atomic E-state index is 0.0824. The van der Waals surface area contributed by atoms with Crippen molar-refractivity contribution in [1.82, 2.24) is 9.55 Å². The second kappa shape index (κ2) is 9.02. The van der Waals surface area contributed by atoms with E-state index in [2.05, 4.69) is 10.3 Å². The Kier molecular flexibility index (Phi) is 6.21. The summed E-state index contributed by atoms with van der Waals surface area (Å²) in [5, 5.41) is 22.5. The van der Waals surface area contributed by atoms with Gasteiger partial charge in [-0.25, -0.2) is 4.79 Å². The molecule has 1 unspecified atom stereocenters. The van der Waals surface area contributed by atoms with Crippen LogP contribution in [0.15, 0.2) is 47.4 Å². The number of carbonyl (C=O) groups excluding carboxylic acids is 1. The number of nitrogens with zero attached hydrogens (tertiary/aromatic N) is 2. The Balaban J connectivity index is 1.53. The second-order valence-electron chi connectivity index (χ2n) is 7.10. The molecule has 5 atom stereocenters. The molecule has 3 heterocycles. The van der Waals surface area contributed by atoms with Gasteiger partial charge in [0.05, 0.1) is 6.61 Å². The van der Waals surface area contributed by atoms with Gasteiger partial charge >= 0.3 is 5.69 Å². The molecule has 10 nitrogen and oxygen atoms in total. The van der Waals surface area contributed by atoms with Crippen molar-refractivity contribution in [3.8, 4) is 0 Å². The van der Waals surface area contributed by atoms with Crippen LogP contribution in [0, 0.1) is 0 Å². The standard InChI is InChI=1S/C20H23N3O7/c24-11-13-16(25)17(30-15-7-4-10-28-15)19(29-13)23-9-8-14(22-20(23)27)21-18(26)12-5-2-1-3-6-12/h1-3,5-6,8-9,13,15-17,19,24-25H,4,7,10-11H2,(H,21,22,26,27)/t13-,15?,16-,17-,19+/m1/s1. The van der Waals surface area contributed by atoms with E-state index in [0.717, 1.165) is 11.0 Å². The van der Waals surface area contributed by atoms with E-state index in [1.807, 2.05) is 0 Å². The highest BCUT2D eigenvalue weighted by molar-refractivity contribution is 6.03. The minimum Gasteiger partial charge on any atom is -0.394 e. The van der Waals surface area contributed by atoms with Crippen LogP contribution in [0.25, 0.3) is 0 Å². The third-order valence-electron chi connectivity index (χ3n) is 5.07. The lowest BCUT2D eigenvalue weighted by molar-refractivity contribution is -0.182. The Labute approximate surface area is 172 Å². The number of anilines is 1. The van der Waals surface area contributed by atoms with Crippen LogP contribution in [0.4, 0.5) is 5.82 Å². The Morgan fingerprint density at radius 3 is 2.77 bits per heavy atom. The summed E-state index contributed by atoms with van der Waals surface area (Å²) < 4.78 is 18.1. The van der Waals surface area contributed by atoms with Crippen molar-refractivity contribution in [2.75, 3.05) is 18.5 Å². The fraction of sp³-hybridized carbons (Fsp3) is 0.450. The molecule has 0 spiro atoms. The number of hydrogen-bond acceptors (Lipinski definition) is 8. The van der Waals surface area contributed by atoms with Gasteiger partial charge in [-0.05, 0) is 24.6 Å². The van der Waals surface area contributed by atoms with E-state index in [1.54, 1.807) is 30.3 Å². The molecule has 0 saturated carbocycles. The summed E-state index contributed by atoms with van der Waals surface area (Å²) in [6, 6.07) is 10.00. The van der Waals surface area contributed by atoms with Gasteiger partial charge in [0, 0.05) is 24.8 Å². The first-order valence-corrected chi connectivity index (χ1v) is 9.74. The van der Waals surface area contributed by atoms with Crippen LogP contribution in [0.5, 0.6) is 0 Å². The molecule has 30 heavy (non-hydrogen) atoms. The molecule has 4 rings (SSSR count). The summed E-state index contributed by atoms with van der Waals surface area (Å²) in [7, 11) is 0. The zero-order valence-corrected chi connectivity index (χ0v) is 16.1. The molecule has 2 fully saturated rings. The van der Waals surface area contributed by atoms with Gasteiger partial charge in [-0.2, -0.15) is 4.98 Å². The Morgan fingerprint density at radius 1 is 1.30 bits per heavy atom. The lowest BCUT2D eigenvalue weighted by Crippen LogP contribution is -2.40. The van der Waals surface area contributed by atoms with Crippen LogP contribution in [0.2, 0.25) is 0 Å². The molecule has 1 amide bonds. The molecular weight excluding hydrogens is 394 g/mol. The first-order chi connectivity index (χ1) is 14.6. The van der Waals surface area contributed by atoms with Gasteiger partial charge in [0.25, 0.3) is 5.91 Å². The SMILES string of the molecule is O=C(Nc1ccn([C@H]2O[C@H](CO)[C@@H](O)[C@H]2OC2CCCO2)c(=O)n1)c1ccccc1. The Morgan fingerprint density at radius 2 is 2.10 bits per heavy atom. The van der Waals surface area contributed by atoms with E-state index in [-0.39, 0.29) is 5.82 Å². The van der Waals surface area contributed by atoms with Crippen LogP contribution in [0.1, 0.15) is 29.4 Å². The molecule has 2 aliphatic rings. The molecule has 0 bridgehead atoms. The molecule has 2 aromatic rings. The van der Waals surface area contributed by atoms with Crippen molar-refractivity contribution in [3.05, 3.63) is 58.6 Å². The number of carbonyl (C=O) groups is 1. The highest BCUT2D eigenvalue weighted by Gasteiger charge is 2.47. The highest BCUT2D eigenvalue weighted by atomic mass is 16.7. The fourth-order valence-corrected chi connectivity index (χ4v) is 3.52. The van der Waals surface area contributed by atoms with E-state index in [0.29, 0.717) is 18.6 Å². The molecule has 10 heteroatoms. The van der Waals surface area contributed by atoms with E-state index in [4.69, 9.17) is 14.2 Å². The van der Waals surface area contributed by atoms with Gasteiger partial charge in [-0.1, -0.05) is 18.2 Å². The molecule has 2 aliphatic heterocycles. The van der Waals surface area contributed by atoms with Crippen molar-refractivity contribution in [2.45, 2.75) is 43.7 Å². The normalized spacial score (nSPS) is 28.5. The number of aliphatic hydroxyl groups is 2. The molecule has 160 valence electrons. The lowest BCUT2D eigenvalue weighted by atomic mass is 10.1. The molecule has 1 aromatic heterocycles. The largest absolute Gasteiger partial charge is 0.394 e. The predicted octanol–water partition coefficient (Wildman–Crippen LogP) is 0.268. The van der Waals surface area contributed by atoms with Gasteiger partial charge in [0.1, 0.15) is 24.1 Å². The predicted molar refractivity (Wildman–Crippen MR) is 104 cm³/mol. The van der Waals surface area contributed by atoms with Gasteiger partial charge in [-0.15, -0.1) is 0 Å². The van der Waals surface area contributed by atoms with E-state index >= 15 is 0 Å². The maximum absolute atomic E-state index is 12.6. The maximum atomic E-state index is 12.6. The van der Waals surface area contributed by atoms with Crippen molar-refractivity contribution < 1.29 is 29.2 Å². The molecule has 0 aliphatic carbocycles. The maximum Gasteiger partial charge on any atom is 0.351 e. The smallest absolute Gasteiger partial charge is 0.351 e. The van der Waals surface area contributed by atoms with Crippen LogP contribution in [-0.2, 0) is 14.2 Å². The lowest BCUT2D eigenvalue weighted by Gasteiger charge is -2.25. The topological polar surface area (TPSA) is 132 Å². The third kappa shape index (κ3) is 4.27. The number of rotatable bonds is 6. The minimum atomic E-state index is -1.14. The van der Waals surface area contributed by atoms with Crippen LogP contribution in [0.3, 0.4) is 0 Å². The third-order valence-corrected chi connectivity index (χ3v) is 5.07. The Hall–Kier alpha value is -2.63. The number of hydrogen-bond donors (Lipinski definition) is 3. The monoisotopic (exact) mass is 417 g/mol. The number of nitrogens with one attached hydrogen (secondary N) is 1. The molecular formula is C20H23N3O7. The zero-order chi connectivity index (χ0) is 21.1. The number of aromatic nitrogens is 2. The van der Waals surface area contributed by atoms with Crippen molar-refractivity contribution in [3.63, 3.8) is 0 Å². The first-order valence-electron chi connectivity index (χ1n) is 9.74. The quantitative estimate of drug-likeness (QED) is 0.610. The van der Waals surface area contributed by atoms with Crippen molar-refractivity contribution in [2.24, 2.45) is 0 Å². The van der Waals surface area contributed by atoms with Crippen LogP contribution in [-0.4, -0.2) is 63.5 Å². The summed E-state index contributed by atoms with van der Waals surface area (Å²) >= 11 is 0. The van der Waals surface area contributed by atoms with Crippen LogP contribution < -0.4 is 11.0 Å². The van der Waals surface area contributed by atoms with E-state index in [1.165, 1.54) is 12.3 Å². The van der Waals surface area contributed by atoms with Gasteiger partial charge < -0.3 is 29.7 Å². The molecule has 0 radical (unpaired) electrons. The Bertz CT molecular complexity index is 929. The second-order valence-corrected chi connectivity index (χ2v) is 7.10. The zero-order valence-electron chi connectivity index (χ0n) is 16.1. The molecule has 3 N–H and O–H groups in total. The highest BCUT2D eigenvalue weighted by Crippen LogP contribution is 2.33. The summed E-state index contributed by atoms with van der Waals surface area (Å²) in [6.07, 6.45) is -1.59. The number of amides is 1. The number of benzene rings is 1. The van der Waals surface area contributed by atoms with Crippen LogP contribution >= 0.6 is 0 Å². The van der Waals surface area contributed by atoms with Crippen molar-refractivity contribution >= 4 is 11.7 Å². The number of ether oxygens (including phenoxy) is 3. The number of aliphatic hydroxyl groups excluding tert-OH is 2. The average Bonchev–Trinajstić information content (AvgIpc) is 3.38. The average molecular weight is 417 g/mol. The van der Waals surface area contributed by atoms with Gasteiger partial charge in [0.2, 0.25) is 0 Å². The van der Waals surface area contributed by atoms with Gasteiger partial charge in [0.15, 0.2) is 12.5 Å². The van der Waals surface area contributed by atoms with E-state index < -0.39 is 49.0 Å². The van der Waals surface area contributed by atoms with Crippen molar-refractivity contribution in [1.29, 1.82) is 0 Å². The molecule has 1 aromatic carbocycles. The van der Waals surface area contributed by atoms with Gasteiger partial charge in [-0.3, -0.25) is 9.36 Å². The summed E-state index contributed by atoms with van der Waals surface area (Å²) in [5.41, 5.74) is -0.265. The molecule has 2 saturated heterocycles. The summed E-state index contributed by atoms with van der Waals surface area (Å²) in [5.74, 6) is -0.313. The van der Waals surface area contributed by atoms with E-state index in [9.17, 15) is 19.8 Å².